The van der Waals surface area contributed by atoms with Crippen LogP contribution in [-0.2, 0) is 14.6 Å². The molecule has 0 saturated heterocycles. The Morgan fingerprint density at radius 2 is 1.78 bits per heavy atom. The van der Waals surface area contributed by atoms with Gasteiger partial charge in [-0.15, -0.1) is 0 Å². The summed E-state index contributed by atoms with van der Waals surface area (Å²) >= 11 is 9.36. The van der Waals surface area contributed by atoms with E-state index < -0.39 is 15.7 Å². The van der Waals surface area contributed by atoms with Gasteiger partial charge in [-0.05, 0) is 71.2 Å². The topological polar surface area (TPSA) is 91.9 Å². The molecule has 0 fully saturated rings. The Balaban J connectivity index is 1.41. The smallest absolute Gasteiger partial charge is 0.224 e. The quantitative estimate of drug-likeness (QED) is 0.208. The number of halogens is 3. The number of imidazole rings is 1. The fourth-order valence-corrected chi connectivity index (χ4v) is 5.79. The Morgan fingerprint density at radius 1 is 1.03 bits per heavy atom. The molecular weight excluding hydrogens is 569 g/mol. The van der Waals surface area contributed by atoms with Crippen molar-refractivity contribution in [2.45, 2.75) is 24.2 Å². The van der Waals surface area contributed by atoms with Gasteiger partial charge in [0, 0.05) is 23.2 Å². The molecule has 0 spiro atoms. The average molecular weight is 591 g/mol. The van der Waals surface area contributed by atoms with Crippen LogP contribution in [0.3, 0.4) is 0 Å². The third-order valence-electron chi connectivity index (χ3n) is 5.47. The first kappa shape index (κ1) is 26.1. The van der Waals surface area contributed by atoms with Crippen molar-refractivity contribution >= 4 is 49.0 Å². The molecule has 186 valence electrons. The number of anilines is 1. The second kappa shape index (κ2) is 11.4. The van der Waals surface area contributed by atoms with Crippen LogP contribution in [0.15, 0.2) is 82.3 Å². The molecule has 3 aromatic carbocycles. The summed E-state index contributed by atoms with van der Waals surface area (Å²) in [4.78, 5) is 19.5. The van der Waals surface area contributed by atoms with E-state index in [-0.39, 0.29) is 28.0 Å². The van der Waals surface area contributed by atoms with Crippen LogP contribution in [0.1, 0.15) is 19.3 Å². The van der Waals surface area contributed by atoms with Gasteiger partial charge in [-0.25, -0.2) is 17.8 Å². The lowest BCUT2D eigenvalue weighted by atomic mass is 10.2. The van der Waals surface area contributed by atoms with Crippen molar-refractivity contribution in [3.8, 4) is 22.6 Å². The largest absolute Gasteiger partial charge is 0.338 e. The predicted octanol–water partition coefficient (Wildman–Crippen LogP) is 6.88. The van der Waals surface area contributed by atoms with Gasteiger partial charge >= 0.3 is 0 Å². The number of rotatable bonds is 9. The summed E-state index contributed by atoms with van der Waals surface area (Å²) in [5.74, 6) is -0.283. The summed E-state index contributed by atoms with van der Waals surface area (Å²) in [7, 11) is -3.69. The predicted molar refractivity (Wildman–Crippen MR) is 143 cm³/mol. The Kier molecular flexibility index (Phi) is 8.23. The van der Waals surface area contributed by atoms with E-state index in [1.807, 2.05) is 18.2 Å². The number of nitrogens with zero attached hydrogens (tertiary/aromatic N) is 1. The number of carbonyl (C=O) groups is 1. The van der Waals surface area contributed by atoms with Crippen LogP contribution in [0, 0.1) is 5.82 Å². The van der Waals surface area contributed by atoms with Crippen LogP contribution in [0.5, 0.6) is 0 Å². The number of amides is 1. The highest BCUT2D eigenvalue weighted by molar-refractivity contribution is 9.10. The zero-order valence-electron chi connectivity index (χ0n) is 19.0. The molecule has 1 amide bonds. The molecule has 10 heteroatoms. The molecule has 1 aromatic heterocycles. The molecule has 0 bridgehead atoms. The number of H-pyrrole nitrogens is 1. The molecule has 0 aliphatic heterocycles. The number of hydrogen-bond acceptors (Lipinski definition) is 4. The summed E-state index contributed by atoms with van der Waals surface area (Å²) in [6.45, 7) is 0. The van der Waals surface area contributed by atoms with E-state index in [2.05, 4.69) is 31.2 Å². The van der Waals surface area contributed by atoms with Crippen molar-refractivity contribution in [2.75, 3.05) is 11.1 Å². The first-order valence-corrected chi connectivity index (χ1v) is 13.9. The van der Waals surface area contributed by atoms with Gasteiger partial charge in [-0.2, -0.15) is 0 Å². The molecular formula is C26H22BrClFN3O3S. The van der Waals surface area contributed by atoms with Crippen LogP contribution in [0.2, 0.25) is 5.02 Å². The van der Waals surface area contributed by atoms with Crippen LogP contribution >= 0.6 is 27.5 Å². The van der Waals surface area contributed by atoms with Crippen molar-refractivity contribution < 1.29 is 17.6 Å². The maximum atomic E-state index is 13.9. The number of hydrogen-bond donors (Lipinski definition) is 2. The molecule has 0 unspecified atom stereocenters. The van der Waals surface area contributed by atoms with Gasteiger partial charge in [0.25, 0.3) is 0 Å². The number of aromatic nitrogens is 2. The summed E-state index contributed by atoms with van der Waals surface area (Å²) < 4.78 is 40.3. The number of aromatic amines is 1. The maximum Gasteiger partial charge on any atom is 0.224 e. The van der Waals surface area contributed by atoms with E-state index in [1.54, 1.807) is 36.5 Å². The Labute approximate surface area is 222 Å². The Hall–Kier alpha value is -3.01. The summed E-state index contributed by atoms with van der Waals surface area (Å²) in [5, 5.41) is 2.90. The minimum absolute atomic E-state index is 0.00281. The lowest BCUT2D eigenvalue weighted by Crippen LogP contribution is -2.12. The van der Waals surface area contributed by atoms with Crippen LogP contribution < -0.4 is 5.32 Å². The SMILES string of the molecule is O=C(CCCCS(=O)(=O)c1cc(-c2ncc(-c3ccc(Br)c(F)c3)[nH]2)ccc1Cl)Nc1ccccc1. The van der Waals surface area contributed by atoms with Crippen LogP contribution in [0.4, 0.5) is 10.1 Å². The third kappa shape index (κ3) is 6.40. The molecule has 4 aromatic rings. The number of carbonyl (C=O) groups excluding carboxylic acids is 1. The van der Waals surface area contributed by atoms with Crippen LogP contribution in [0.25, 0.3) is 22.6 Å². The highest BCUT2D eigenvalue weighted by Gasteiger charge is 2.20. The summed E-state index contributed by atoms with van der Waals surface area (Å²) in [6, 6.07) is 18.4. The van der Waals surface area contributed by atoms with Gasteiger partial charge in [-0.1, -0.05) is 35.9 Å². The van der Waals surface area contributed by atoms with E-state index in [0.29, 0.717) is 45.6 Å². The Bertz CT molecular complexity index is 1490. The molecule has 36 heavy (non-hydrogen) atoms. The minimum atomic E-state index is -3.69. The van der Waals surface area contributed by atoms with Gasteiger partial charge in [0.1, 0.15) is 11.6 Å². The summed E-state index contributed by atoms with van der Waals surface area (Å²) in [6.07, 6.45) is 2.50. The highest BCUT2D eigenvalue weighted by atomic mass is 79.9. The van der Waals surface area contributed by atoms with Crippen LogP contribution in [-0.4, -0.2) is 30.0 Å². The number of sulfone groups is 1. The first-order valence-electron chi connectivity index (χ1n) is 11.1. The lowest BCUT2D eigenvalue weighted by Gasteiger charge is -2.09. The maximum absolute atomic E-state index is 13.9. The van der Waals surface area contributed by atoms with Gasteiger partial charge in [0.15, 0.2) is 9.84 Å². The second-order valence-electron chi connectivity index (χ2n) is 8.11. The number of benzene rings is 3. The van der Waals surface area contributed by atoms with Crippen molar-refractivity contribution in [3.63, 3.8) is 0 Å². The van der Waals surface area contributed by atoms with Gasteiger partial charge < -0.3 is 10.3 Å². The Morgan fingerprint density at radius 3 is 2.53 bits per heavy atom. The number of nitrogens with one attached hydrogen (secondary N) is 2. The average Bonchev–Trinajstić information content (AvgIpc) is 3.35. The van der Waals surface area contributed by atoms with E-state index in [1.165, 1.54) is 18.2 Å². The van der Waals surface area contributed by atoms with E-state index >= 15 is 0 Å². The fourth-order valence-electron chi connectivity index (χ4n) is 3.60. The zero-order chi connectivity index (χ0) is 25.7. The van der Waals surface area contributed by atoms with Crippen molar-refractivity contribution in [3.05, 3.63) is 88.2 Å². The fraction of sp³-hybridized carbons (Fsp3) is 0.154. The minimum Gasteiger partial charge on any atom is -0.338 e. The molecule has 4 rings (SSSR count). The van der Waals surface area contributed by atoms with Gasteiger partial charge in [0.2, 0.25) is 5.91 Å². The van der Waals surface area contributed by atoms with E-state index in [9.17, 15) is 17.6 Å². The molecule has 2 N–H and O–H groups in total. The number of unbranched alkanes of at least 4 members (excludes halogenated alkanes) is 1. The second-order valence-corrected chi connectivity index (χ2v) is 11.4. The first-order chi connectivity index (χ1) is 17.2. The molecule has 0 aliphatic rings. The van der Waals surface area contributed by atoms with Gasteiger partial charge in [-0.3, -0.25) is 4.79 Å². The number of para-hydroxylation sites is 1. The summed E-state index contributed by atoms with van der Waals surface area (Å²) in [5.41, 5.74) is 2.42. The van der Waals surface area contributed by atoms with Crippen molar-refractivity contribution in [1.82, 2.24) is 9.97 Å². The lowest BCUT2D eigenvalue weighted by molar-refractivity contribution is -0.116. The zero-order valence-corrected chi connectivity index (χ0v) is 22.1. The van der Waals surface area contributed by atoms with E-state index in [0.717, 1.165) is 0 Å². The molecule has 0 aliphatic carbocycles. The molecule has 1 heterocycles. The van der Waals surface area contributed by atoms with Gasteiger partial charge in [0.05, 0.1) is 32.0 Å². The van der Waals surface area contributed by atoms with E-state index in [4.69, 9.17) is 11.6 Å². The normalized spacial score (nSPS) is 11.4. The molecule has 0 radical (unpaired) electrons. The highest BCUT2D eigenvalue weighted by Crippen LogP contribution is 2.30. The molecule has 6 nitrogen and oxygen atoms in total. The third-order valence-corrected chi connectivity index (χ3v) is 8.39. The standard InChI is InChI=1S/C26H22BrClFN3O3S/c27-20-11-9-17(14-22(20)29)23-16-30-26(32-23)18-10-12-21(28)24(15-18)36(34,35)13-5-4-8-25(33)31-19-6-2-1-3-7-19/h1-3,6-7,9-12,14-16H,4-5,8,13H2,(H,30,32)(H,31,33). The molecule has 0 atom stereocenters. The van der Waals surface area contributed by atoms with Crippen molar-refractivity contribution in [1.29, 1.82) is 0 Å². The van der Waals surface area contributed by atoms with Crippen molar-refractivity contribution in [2.24, 2.45) is 0 Å². The monoisotopic (exact) mass is 589 g/mol. The molecule has 0 saturated carbocycles.